The van der Waals surface area contributed by atoms with Crippen LogP contribution in [-0.4, -0.2) is 50.0 Å². The Bertz CT molecular complexity index is 749. The molecule has 0 spiro atoms. The Morgan fingerprint density at radius 2 is 2.17 bits per heavy atom. The molecule has 0 saturated carbocycles. The number of anilines is 1. The monoisotopic (exact) mass is 357 g/mol. The fourth-order valence-corrected chi connectivity index (χ4v) is 3.50. The molecule has 1 aliphatic heterocycles. The number of methoxy groups -OCH3 is 1. The number of carbonyl (C=O) groups excluding carboxylic acids is 1. The van der Waals surface area contributed by atoms with E-state index in [1.54, 1.807) is 0 Å². The Hall–Kier alpha value is -2.20. The number of amides is 1. The van der Waals surface area contributed by atoms with Gasteiger partial charge in [0.05, 0.1) is 30.3 Å². The molecule has 1 saturated heterocycles. The third-order valence-corrected chi connectivity index (χ3v) is 5.15. The molecule has 1 atom stereocenters. The normalized spacial score (nSPS) is 18.8. The van der Waals surface area contributed by atoms with Crippen molar-refractivity contribution in [2.45, 2.75) is 12.8 Å². The number of rotatable bonds is 5. The molecule has 1 aromatic rings. The summed E-state index contributed by atoms with van der Waals surface area (Å²) in [6.45, 7) is 0.458. The Balaban J connectivity index is 2.16. The summed E-state index contributed by atoms with van der Waals surface area (Å²) in [6.07, 6.45) is 2.19. The van der Waals surface area contributed by atoms with Crippen LogP contribution < -0.4 is 10.1 Å². The largest absolute Gasteiger partial charge is 0.496 e. The minimum atomic E-state index is -3.37. The molecular weight excluding hydrogens is 338 g/mol. The van der Waals surface area contributed by atoms with Crippen molar-refractivity contribution < 1.29 is 22.9 Å². The molecule has 1 heterocycles. The summed E-state index contributed by atoms with van der Waals surface area (Å²) in [6, 6.07) is 4.12. The van der Waals surface area contributed by atoms with Gasteiger partial charge in [0, 0.05) is 13.1 Å². The van der Waals surface area contributed by atoms with E-state index in [1.807, 2.05) is 0 Å². The fourth-order valence-electron chi connectivity index (χ4n) is 2.59. The molecule has 24 heavy (non-hydrogen) atoms. The molecule has 0 unspecified atom stereocenters. The van der Waals surface area contributed by atoms with Gasteiger partial charge in [-0.2, -0.15) is 0 Å². The average molecular weight is 357 g/mol. The highest BCUT2D eigenvalue weighted by atomic mass is 32.2. The number of hydrogen-bond donors (Lipinski definition) is 1. The summed E-state index contributed by atoms with van der Waals surface area (Å²) >= 11 is 0. The molecule has 0 bridgehead atoms. The summed E-state index contributed by atoms with van der Waals surface area (Å²) in [5.41, 5.74) is -0.222. The van der Waals surface area contributed by atoms with E-state index in [-0.39, 0.29) is 17.9 Å². The molecule has 0 radical (unpaired) electrons. The number of ether oxygens (including phenoxy) is 1. The average Bonchev–Trinajstić information content (AvgIpc) is 2.54. The van der Waals surface area contributed by atoms with Gasteiger partial charge in [-0.3, -0.25) is 14.9 Å². The fraction of sp³-hybridized carbons (Fsp3) is 0.500. The predicted molar refractivity (Wildman–Crippen MR) is 87.4 cm³/mol. The van der Waals surface area contributed by atoms with Gasteiger partial charge in [-0.15, -0.1) is 0 Å². The van der Waals surface area contributed by atoms with Crippen molar-refractivity contribution in [3.05, 3.63) is 28.3 Å². The van der Waals surface area contributed by atoms with E-state index in [4.69, 9.17) is 4.74 Å². The number of nitrogens with one attached hydrogen (secondary N) is 1. The van der Waals surface area contributed by atoms with Gasteiger partial charge in [0.15, 0.2) is 0 Å². The zero-order valence-corrected chi connectivity index (χ0v) is 14.2. The van der Waals surface area contributed by atoms with Crippen LogP contribution in [0.5, 0.6) is 5.75 Å². The van der Waals surface area contributed by atoms with E-state index in [9.17, 15) is 23.3 Å². The van der Waals surface area contributed by atoms with Crippen LogP contribution >= 0.6 is 0 Å². The maximum Gasteiger partial charge on any atom is 0.296 e. The zero-order valence-electron chi connectivity index (χ0n) is 13.4. The lowest BCUT2D eigenvalue weighted by Gasteiger charge is -2.30. The lowest BCUT2D eigenvalue weighted by Crippen LogP contribution is -2.43. The topological polar surface area (TPSA) is 119 Å². The molecule has 132 valence electrons. The second-order valence-corrected chi connectivity index (χ2v) is 7.57. The standard InChI is InChI=1S/C14H19N3O6S/c1-23-11-5-6-12(13(8-11)17(19)20)15-14(18)10-4-3-7-16(9-10)24(2,21)22/h5-6,8,10H,3-4,7,9H2,1-2H3,(H,15,18)/t10-/m0/s1. The van der Waals surface area contributed by atoms with Crippen molar-refractivity contribution in [3.8, 4) is 5.75 Å². The second kappa shape index (κ2) is 7.14. The van der Waals surface area contributed by atoms with E-state index >= 15 is 0 Å². The Morgan fingerprint density at radius 3 is 2.75 bits per heavy atom. The number of nitro benzene ring substituents is 1. The highest BCUT2D eigenvalue weighted by Gasteiger charge is 2.31. The van der Waals surface area contributed by atoms with Crippen LogP contribution in [0, 0.1) is 16.0 Å². The van der Waals surface area contributed by atoms with Crippen LogP contribution in [0.1, 0.15) is 12.8 Å². The number of carbonyl (C=O) groups is 1. The van der Waals surface area contributed by atoms with Crippen LogP contribution in [0.2, 0.25) is 0 Å². The van der Waals surface area contributed by atoms with Crippen molar-refractivity contribution in [2.24, 2.45) is 5.92 Å². The van der Waals surface area contributed by atoms with Gasteiger partial charge < -0.3 is 10.1 Å². The first kappa shape index (κ1) is 18.1. The van der Waals surface area contributed by atoms with Crippen molar-refractivity contribution in [1.29, 1.82) is 0 Å². The number of nitro groups is 1. The van der Waals surface area contributed by atoms with Crippen LogP contribution in [0.3, 0.4) is 0 Å². The van der Waals surface area contributed by atoms with E-state index < -0.39 is 26.8 Å². The van der Waals surface area contributed by atoms with Crippen molar-refractivity contribution >= 4 is 27.3 Å². The summed E-state index contributed by atoms with van der Waals surface area (Å²) in [7, 11) is -1.98. The molecule has 1 N–H and O–H groups in total. The summed E-state index contributed by atoms with van der Waals surface area (Å²) in [5, 5.41) is 13.7. The predicted octanol–water partition coefficient (Wildman–Crippen LogP) is 1.21. The van der Waals surface area contributed by atoms with E-state index in [0.29, 0.717) is 25.1 Å². The van der Waals surface area contributed by atoms with Crippen molar-refractivity contribution in [1.82, 2.24) is 4.31 Å². The number of sulfonamides is 1. The second-order valence-electron chi connectivity index (χ2n) is 5.59. The van der Waals surface area contributed by atoms with Gasteiger partial charge in [0.2, 0.25) is 15.9 Å². The highest BCUT2D eigenvalue weighted by Crippen LogP contribution is 2.30. The van der Waals surface area contributed by atoms with Crippen LogP contribution in [0.15, 0.2) is 18.2 Å². The third-order valence-electron chi connectivity index (χ3n) is 3.88. The summed E-state index contributed by atoms with van der Waals surface area (Å²) in [4.78, 5) is 22.9. The maximum atomic E-state index is 12.4. The number of nitrogens with zero attached hydrogens (tertiary/aromatic N) is 2. The number of piperidine rings is 1. The van der Waals surface area contributed by atoms with Crippen LogP contribution in [0.4, 0.5) is 11.4 Å². The number of hydrogen-bond acceptors (Lipinski definition) is 6. The minimum Gasteiger partial charge on any atom is -0.496 e. The Kier molecular flexibility index (Phi) is 5.40. The molecular formula is C14H19N3O6S. The SMILES string of the molecule is COc1ccc(NC(=O)[C@H]2CCCN(S(C)(=O)=O)C2)c([N+](=O)[O-])c1. The van der Waals surface area contributed by atoms with Crippen molar-refractivity contribution in [2.75, 3.05) is 31.8 Å². The smallest absolute Gasteiger partial charge is 0.296 e. The molecule has 0 aromatic heterocycles. The minimum absolute atomic E-state index is 0.0577. The first-order valence-corrected chi connectivity index (χ1v) is 9.15. The molecule has 1 aromatic carbocycles. The lowest BCUT2D eigenvalue weighted by atomic mass is 9.98. The number of benzene rings is 1. The van der Waals surface area contributed by atoms with Gasteiger partial charge >= 0.3 is 0 Å². The molecule has 1 fully saturated rings. The van der Waals surface area contributed by atoms with Gasteiger partial charge in [-0.1, -0.05) is 0 Å². The maximum absolute atomic E-state index is 12.4. The molecule has 9 nitrogen and oxygen atoms in total. The van der Waals surface area contributed by atoms with E-state index in [0.717, 1.165) is 6.26 Å². The molecule has 2 rings (SSSR count). The van der Waals surface area contributed by atoms with Gasteiger partial charge in [-0.25, -0.2) is 12.7 Å². The van der Waals surface area contributed by atoms with Crippen LogP contribution in [0.25, 0.3) is 0 Å². The molecule has 1 aliphatic rings. The van der Waals surface area contributed by atoms with Crippen LogP contribution in [-0.2, 0) is 14.8 Å². The Morgan fingerprint density at radius 1 is 1.46 bits per heavy atom. The van der Waals surface area contributed by atoms with E-state index in [2.05, 4.69) is 5.32 Å². The highest BCUT2D eigenvalue weighted by molar-refractivity contribution is 7.88. The molecule has 10 heteroatoms. The summed E-state index contributed by atoms with van der Waals surface area (Å²) < 4.78 is 29.4. The molecule has 0 aliphatic carbocycles. The van der Waals surface area contributed by atoms with Gasteiger partial charge in [0.25, 0.3) is 5.69 Å². The summed E-state index contributed by atoms with van der Waals surface area (Å²) in [5.74, 6) is -0.674. The van der Waals surface area contributed by atoms with Crippen molar-refractivity contribution in [3.63, 3.8) is 0 Å². The third kappa shape index (κ3) is 4.20. The van der Waals surface area contributed by atoms with Gasteiger partial charge in [0.1, 0.15) is 11.4 Å². The lowest BCUT2D eigenvalue weighted by molar-refractivity contribution is -0.384. The Labute approximate surface area is 139 Å². The van der Waals surface area contributed by atoms with Gasteiger partial charge in [-0.05, 0) is 25.0 Å². The first-order valence-electron chi connectivity index (χ1n) is 7.31. The zero-order chi connectivity index (χ0) is 17.9. The quantitative estimate of drug-likeness (QED) is 0.625. The molecule has 1 amide bonds. The first-order chi connectivity index (χ1) is 11.2. The van der Waals surface area contributed by atoms with E-state index in [1.165, 1.54) is 29.6 Å².